The Balaban J connectivity index is 2.32. The molecule has 0 spiro atoms. The number of esters is 1. The number of nitrogens with zero attached hydrogens (tertiary/aromatic N) is 3. The molecule has 0 bridgehead atoms. The van der Waals surface area contributed by atoms with Crippen molar-refractivity contribution in [3.63, 3.8) is 0 Å². The molecule has 0 saturated carbocycles. The Morgan fingerprint density at radius 2 is 2.06 bits per heavy atom. The van der Waals surface area contributed by atoms with Crippen molar-refractivity contribution in [1.29, 1.82) is 0 Å². The molecule has 0 atom stereocenters. The summed E-state index contributed by atoms with van der Waals surface area (Å²) in [7, 11) is 0. The van der Waals surface area contributed by atoms with Crippen LogP contribution in [0.25, 0.3) is 5.69 Å². The highest BCUT2D eigenvalue weighted by Gasteiger charge is 2.09. The Morgan fingerprint density at radius 1 is 1.35 bits per heavy atom. The molecule has 5 nitrogen and oxygen atoms in total. The van der Waals surface area contributed by atoms with Crippen molar-refractivity contribution >= 4 is 5.97 Å². The Morgan fingerprint density at radius 3 is 2.65 bits per heavy atom. The predicted octanol–water partition coefficient (Wildman–Crippen LogP) is 1.75. The van der Waals surface area contributed by atoms with E-state index in [1.807, 2.05) is 13.0 Å². The van der Waals surface area contributed by atoms with Gasteiger partial charge in [-0.25, -0.2) is 4.79 Å². The smallest absolute Gasteiger partial charge is 0.338 e. The van der Waals surface area contributed by atoms with Crippen LogP contribution in [0.1, 0.15) is 22.8 Å². The predicted molar refractivity (Wildman–Crippen MR) is 62.1 cm³/mol. The molecule has 0 aliphatic rings. The molecule has 1 aromatic carbocycles. The van der Waals surface area contributed by atoms with E-state index < -0.39 is 0 Å². The molecule has 0 amide bonds. The van der Waals surface area contributed by atoms with E-state index in [1.54, 1.807) is 36.3 Å². The fraction of sp³-hybridized carbons (Fsp3) is 0.250. The summed E-state index contributed by atoms with van der Waals surface area (Å²) in [5.41, 5.74) is 2.47. The van der Waals surface area contributed by atoms with Gasteiger partial charge in [0.15, 0.2) is 0 Å². The van der Waals surface area contributed by atoms with E-state index >= 15 is 0 Å². The first-order valence-corrected chi connectivity index (χ1v) is 5.35. The van der Waals surface area contributed by atoms with E-state index in [-0.39, 0.29) is 5.97 Å². The molecule has 1 aromatic heterocycles. The maximum Gasteiger partial charge on any atom is 0.338 e. The quantitative estimate of drug-likeness (QED) is 0.755. The fourth-order valence-corrected chi connectivity index (χ4v) is 1.61. The van der Waals surface area contributed by atoms with Gasteiger partial charge in [-0.15, -0.1) is 10.2 Å². The fourth-order valence-electron chi connectivity index (χ4n) is 1.61. The molecular weight excluding hydrogens is 218 g/mol. The summed E-state index contributed by atoms with van der Waals surface area (Å²) in [6.45, 7) is 4.10. The molecule has 2 aromatic rings. The third kappa shape index (κ3) is 2.33. The lowest BCUT2D eigenvalue weighted by Crippen LogP contribution is -2.05. The number of aryl methyl sites for hydroxylation is 1. The van der Waals surface area contributed by atoms with Gasteiger partial charge in [0.05, 0.1) is 17.9 Å². The number of hydrogen-bond acceptors (Lipinski definition) is 4. The molecule has 2 rings (SSSR count). The number of aromatic nitrogens is 3. The van der Waals surface area contributed by atoms with Crippen LogP contribution in [-0.4, -0.2) is 27.3 Å². The SMILES string of the molecule is CCOC(=O)c1ccc(-n2cnnc2)c(C)c1. The maximum absolute atomic E-state index is 11.5. The second-order valence-electron chi connectivity index (χ2n) is 3.59. The molecule has 0 unspecified atom stereocenters. The van der Waals surface area contributed by atoms with Gasteiger partial charge >= 0.3 is 5.97 Å². The van der Waals surface area contributed by atoms with Gasteiger partial charge in [-0.3, -0.25) is 4.57 Å². The Labute approximate surface area is 99.1 Å². The van der Waals surface area contributed by atoms with Crippen LogP contribution < -0.4 is 0 Å². The van der Waals surface area contributed by atoms with Gasteiger partial charge in [0.2, 0.25) is 0 Å². The normalized spacial score (nSPS) is 10.2. The molecule has 0 aliphatic carbocycles. The molecule has 0 saturated heterocycles. The van der Waals surface area contributed by atoms with Gasteiger partial charge in [-0.2, -0.15) is 0 Å². The van der Waals surface area contributed by atoms with Crippen LogP contribution in [0.5, 0.6) is 0 Å². The molecular formula is C12H13N3O2. The van der Waals surface area contributed by atoms with Gasteiger partial charge in [-0.1, -0.05) is 0 Å². The molecule has 88 valence electrons. The number of carbonyl (C=O) groups excluding carboxylic acids is 1. The Kier molecular flexibility index (Phi) is 3.18. The first-order valence-electron chi connectivity index (χ1n) is 5.35. The third-order valence-corrected chi connectivity index (χ3v) is 2.40. The zero-order valence-corrected chi connectivity index (χ0v) is 9.75. The Bertz CT molecular complexity index is 521. The van der Waals surface area contributed by atoms with Crippen LogP contribution in [-0.2, 0) is 4.74 Å². The average molecular weight is 231 g/mol. The summed E-state index contributed by atoms with van der Waals surface area (Å²) in [5, 5.41) is 7.50. The summed E-state index contributed by atoms with van der Waals surface area (Å²) in [6.07, 6.45) is 3.23. The largest absolute Gasteiger partial charge is 0.462 e. The highest BCUT2D eigenvalue weighted by atomic mass is 16.5. The van der Waals surface area contributed by atoms with E-state index in [4.69, 9.17) is 4.74 Å². The average Bonchev–Trinajstić information content (AvgIpc) is 2.82. The van der Waals surface area contributed by atoms with Gasteiger partial charge in [0, 0.05) is 0 Å². The van der Waals surface area contributed by atoms with Crippen molar-refractivity contribution in [2.75, 3.05) is 6.61 Å². The summed E-state index contributed by atoms with van der Waals surface area (Å²) in [5.74, 6) is -0.300. The van der Waals surface area contributed by atoms with Crippen molar-refractivity contribution in [2.24, 2.45) is 0 Å². The number of benzene rings is 1. The molecule has 0 N–H and O–H groups in total. The van der Waals surface area contributed by atoms with Crippen LogP contribution in [0.4, 0.5) is 0 Å². The molecule has 17 heavy (non-hydrogen) atoms. The van der Waals surface area contributed by atoms with Gasteiger partial charge in [-0.05, 0) is 37.6 Å². The minimum absolute atomic E-state index is 0.300. The summed E-state index contributed by atoms with van der Waals surface area (Å²) in [4.78, 5) is 11.5. The topological polar surface area (TPSA) is 57.0 Å². The highest BCUT2D eigenvalue weighted by Crippen LogP contribution is 2.15. The molecule has 0 radical (unpaired) electrons. The standard InChI is InChI=1S/C12H13N3O2/c1-3-17-12(16)10-4-5-11(9(2)6-10)15-7-13-14-8-15/h4-8H,3H2,1-2H3. The second-order valence-corrected chi connectivity index (χ2v) is 3.59. The minimum atomic E-state index is -0.300. The van der Waals surface area contributed by atoms with Crippen molar-refractivity contribution in [3.05, 3.63) is 42.0 Å². The van der Waals surface area contributed by atoms with E-state index in [9.17, 15) is 4.79 Å². The van der Waals surface area contributed by atoms with Crippen molar-refractivity contribution in [1.82, 2.24) is 14.8 Å². The summed E-state index contributed by atoms with van der Waals surface area (Å²) < 4.78 is 6.74. The lowest BCUT2D eigenvalue weighted by Gasteiger charge is -2.08. The minimum Gasteiger partial charge on any atom is -0.462 e. The number of carbonyl (C=O) groups is 1. The van der Waals surface area contributed by atoms with Crippen LogP contribution in [0, 0.1) is 6.92 Å². The van der Waals surface area contributed by atoms with Gasteiger partial charge in [0.1, 0.15) is 12.7 Å². The molecule has 5 heteroatoms. The zero-order chi connectivity index (χ0) is 12.3. The van der Waals surface area contributed by atoms with E-state index in [2.05, 4.69) is 10.2 Å². The van der Waals surface area contributed by atoms with Crippen molar-refractivity contribution in [3.8, 4) is 5.69 Å². The van der Waals surface area contributed by atoms with Crippen LogP contribution >= 0.6 is 0 Å². The van der Waals surface area contributed by atoms with Gasteiger partial charge < -0.3 is 4.74 Å². The zero-order valence-electron chi connectivity index (χ0n) is 9.75. The monoisotopic (exact) mass is 231 g/mol. The van der Waals surface area contributed by atoms with E-state index in [0.29, 0.717) is 12.2 Å². The van der Waals surface area contributed by atoms with Crippen molar-refractivity contribution in [2.45, 2.75) is 13.8 Å². The van der Waals surface area contributed by atoms with E-state index in [1.165, 1.54) is 0 Å². The lowest BCUT2D eigenvalue weighted by molar-refractivity contribution is 0.0526. The number of hydrogen-bond donors (Lipinski definition) is 0. The highest BCUT2D eigenvalue weighted by molar-refractivity contribution is 5.90. The summed E-state index contributed by atoms with van der Waals surface area (Å²) >= 11 is 0. The maximum atomic E-state index is 11.5. The summed E-state index contributed by atoms with van der Waals surface area (Å²) in [6, 6.07) is 5.39. The second kappa shape index (κ2) is 4.78. The van der Waals surface area contributed by atoms with Crippen LogP contribution in [0.3, 0.4) is 0 Å². The lowest BCUT2D eigenvalue weighted by atomic mass is 10.1. The van der Waals surface area contributed by atoms with Crippen molar-refractivity contribution < 1.29 is 9.53 Å². The van der Waals surface area contributed by atoms with Crippen LogP contribution in [0.2, 0.25) is 0 Å². The molecule has 0 fully saturated rings. The third-order valence-electron chi connectivity index (χ3n) is 2.40. The first-order chi connectivity index (χ1) is 8.22. The van der Waals surface area contributed by atoms with Gasteiger partial charge in [0.25, 0.3) is 0 Å². The van der Waals surface area contributed by atoms with E-state index in [0.717, 1.165) is 11.3 Å². The Hall–Kier alpha value is -2.17. The molecule has 0 aliphatic heterocycles. The number of ether oxygens (including phenoxy) is 1. The molecule has 1 heterocycles. The number of rotatable bonds is 3. The first kappa shape index (κ1) is 11.3. The van der Waals surface area contributed by atoms with Crippen LogP contribution in [0.15, 0.2) is 30.9 Å².